The first kappa shape index (κ1) is 28.1. The van der Waals surface area contributed by atoms with E-state index in [2.05, 4.69) is 28.3 Å². The molecule has 0 atom stereocenters. The first-order valence-electron chi connectivity index (χ1n) is 11.3. The van der Waals surface area contributed by atoms with E-state index in [1.807, 2.05) is 0 Å². The largest absolute Gasteiger partial charge is 0.488 e. The highest BCUT2D eigenvalue weighted by Crippen LogP contribution is 2.39. The molecule has 0 spiro atoms. The molecule has 0 aliphatic heterocycles. The van der Waals surface area contributed by atoms with Gasteiger partial charge in [0.05, 0.1) is 11.1 Å². The van der Waals surface area contributed by atoms with E-state index >= 15 is 0 Å². The van der Waals surface area contributed by atoms with Gasteiger partial charge < -0.3 is 14.0 Å². The molecule has 0 bridgehead atoms. The summed E-state index contributed by atoms with van der Waals surface area (Å²) in [4.78, 5) is 32.0. The zero-order chi connectivity index (χ0) is 28.1. The van der Waals surface area contributed by atoms with Crippen LogP contribution >= 0.6 is 0 Å². The number of nitrogens with zero attached hydrogens (tertiary/aromatic N) is 5. The molecular formula is C26H26F3N5O4. The Hall–Kier alpha value is -4.48. The predicted octanol–water partition coefficient (Wildman–Crippen LogP) is 5.69. The molecule has 2 amide bonds. The summed E-state index contributed by atoms with van der Waals surface area (Å²) in [5, 5.41) is 7.88. The van der Waals surface area contributed by atoms with Gasteiger partial charge in [-0.25, -0.2) is 9.78 Å². The van der Waals surface area contributed by atoms with Crippen molar-refractivity contribution in [1.82, 2.24) is 19.7 Å². The Kier molecular flexibility index (Phi) is 8.34. The van der Waals surface area contributed by atoms with Crippen molar-refractivity contribution in [2.24, 2.45) is 0 Å². The number of amides is 2. The summed E-state index contributed by atoms with van der Waals surface area (Å²) in [6.07, 6.45) is -1.68. The van der Waals surface area contributed by atoms with Crippen LogP contribution in [0.15, 0.2) is 68.0 Å². The van der Waals surface area contributed by atoms with Gasteiger partial charge in [0.25, 0.3) is 5.91 Å². The Morgan fingerprint density at radius 2 is 1.79 bits per heavy atom. The number of carbonyl (C=O) groups excluding carboxylic acids is 2. The van der Waals surface area contributed by atoms with Crippen LogP contribution in [0.3, 0.4) is 0 Å². The highest BCUT2D eigenvalue weighted by atomic mass is 19.4. The SMILES string of the molecule is C=CCOc1c(C(=O)N(C(=O)OC(C)(C)C)c2cccc(-c3nncn3CC=C)n2)cccc1C(F)(F)F. The first-order valence-corrected chi connectivity index (χ1v) is 11.3. The molecule has 0 radical (unpaired) electrons. The molecule has 0 N–H and O–H groups in total. The van der Waals surface area contributed by atoms with Crippen LogP contribution in [0.5, 0.6) is 5.75 Å². The monoisotopic (exact) mass is 529 g/mol. The first-order chi connectivity index (χ1) is 17.9. The average molecular weight is 530 g/mol. The lowest BCUT2D eigenvalue weighted by molar-refractivity contribution is -0.138. The van der Waals surface area contributed by atoms with E-state index in [9.17, 15) is 22.8 Å². The van der Waals surface area contributed by atoms with Gasteiger partial charge in [0.1, 0.15) is 35.8 Å². The number of para-hydroxylation sites is 1. The lowest BCUT2D eigenvalue weighted by atomic mass is 10.1. The molecule has 0 aliphatic rings. The Morgan fingerprint density at radius 3 is 2.42 bits per heavy atom. The molecule has 0 saturated carbocycles. The summed E-state index contributed by atoms with van der Waals surface area (Å²) in [5.41, 5.74) is -2.49. The standard InChI is InChI=1S/C26H26F3N5O4/c1-6-14-33-16-30-32-22(33)19-12-9-13-20(31-19)34(24(36)38-25(3,4)5)23(35)17-10-8-11-18(26(27,28)29)21(17)37-15-7-2/h6-13,16H,1-2,14-15H2,3-5H3. The smallest absolute Gasteiger partial charge is 0.423 e. The highest BCUT2D eigenvalue weighted by Gasteiger charge is 2.39. The Balaban J connectivity index is 2.19. The number of hydrogen-bond donors (Lipinski definition) is 0. The van der Waals surface area contributed by atoms with Crippen molar-refractivity contribution in [3.8, 4) is 17.3 Å². The predicted molar refractivity (Wildman–Crippen MR) is 134 cm³/mol. The van der Waals surface area contributed by atoms with Gasteiger partial charge in [-0.2, -0.15) is 18.1 Å². The number of allylic oxidation sites excluding steroid dienone is 1. The van der Waals surface area contributed by atoms with E-state index in [0.29, 0.717) is 17.3 Å². The van der Waals surface area contributed by atoms with Crippen LogP contribution in [0.2, 0.25) is 0 Å². The van der Waals surface area contributed by atoms with Gasteiger partial charge in [-0.05, 0) is 45.0 Å². The van der Waals surface area contributed by atoms with Crippen molar-refractivity contribution < 1.29 is 32.2 Å². The van der Waals surface area contributed by atoms with Crippen LogP contribution in [-0.2, 0) is 17.5 Å². The minimum atomic E-state index is -4.84. The van der Waals surface area contributed by atoms with Crippen molar-refractivity contribution in [2.45, 2.75) is 39.1 Å². The summed E-state index contributed by atoms with van der Waals surface area (Å²) in [5.74, 6) is -1.78. The molecule has 2 aromatic heterocycles. The van der Waals surface area contributed by atoms with Crippen molar-refractivity contribution in [1.29, 1.82) is 0 Å². The third-order valence-corrected chi connectivity index (χ3v) is 4.81. The molecule has 3 rings (SSSR count). The number of pyridine rings is 1. The molecule has 0 unspecified atom stereocenters. The number of ether oxygens (including phenoxy) is 2. The van der Waals surface area contributed by atoms with Crippen LogP contribution in [0.25, 0.3) is 11.5 Å². The average Bonchev–Trinajstić information content (AvgIpc) is 3.29. The molecule has 9 nitrogen and oxygen atoms in total. The topological polar surface area (TPSA) is 99.4 Å². The highest BCUT2D eigenvalue weighted by molar-refractivity contribution is 6.20. The summed E-state index contributed by atoms with van der Waals surface area (Å²) in [7, 11) is 0. The summed E-state index contributed by atoms with van der Waals surface area (Å²) in [6, 6.07) is 7.38. The second-order valence-electron chi connectivity index (χ2n) is 8.88. The fraction of sp³-hybridized carbons (Fsp3) is 0.269. The van der Waals surface area contributed by atoms with E-state index < -0.39 is 40.7 Å². The lowest BCUT2D eigenvalue weighted by Gasteiger charge is -2.26. The molecule has 2 heterocycles. The normalized spacial score (nSPS) is 11.5. The maximum absolute atomic E-state index is 13.8. The Bertz CT molecular complexity index is 1350. The van der Waals surface area contributed by atoms with Crippen LogP contribution in [0, 0.1) is 0 Å². The van der Waals surface area contributed by atoms with E-state index in [4.69, 9.17) is 9.47 Å². The van der Waals surface area contributed by atoms with Crippen molar-refractivity contribution in [3.63, 3.8) is 0 Å². The van der Waals surface area contributed by atoms with Crippen LogP contribution in [0.1, 0.15) is 36.7 Å². The number of imide groups is 1. The van der Waals surface area contributed by atoms with Gasteiger partial charge in [-0.3, -0.25) is 4.79 Å². The molecule has 3 aromatic rings. The van der Waals surface area contributed by atoms with Gasteiger partial charge in [-0.15, -0.1) is 16.8 Å². The number of aromatic nitrogens is 4. The van der Waals surface area contributed by atoms with E-state index in [0.717, 1.165) is 18.2 Å². The van der Waals surface area contributed by atoms with E-state index in [1.54, 1.807) is 37.5 Å². The second kappa shape index (κ2) is 11.3. The van der Waals surface area contributed by atoms with E-state index in [1.165, 1.54) is 24.5 Å². The fourth-order valence-corrected chi connectivity index (χ4v) is 3.33. The number of alkyl halides is 3. The number of rotatable bonds is 8. The third kappa shape index (κ3) is 6.44. The number of anilines is 1. The zero-order valence-corrected chi connectivity index (χ0v) is 21.0. The van der Waals surface area contributed by atoms with Gasteiger partial charge >= 0.3 is 12.3 Å². The van der Waals surface area contributed by atoms with E-state index in [-0.39, 0.29) is 18.1 Å². The molecular weight excluding hydrogens is 503 g/mol. The lowest BCUT2D eigenvalue weighted by Crippen LogP contribution is -2.42. The Morgan fingerprint density at radius 1 is 1.08 bits per heavy atom. The quantitative estimate of drug-likeness (QED) is 0.346. The fourth-order valence-electron chi connectivity index (χ4n) is 3.33. The molecule has 0 aliphatic carbocycles. The maximum atomic E-state index is 13.8. The molecule has 200 valence electrons. The van der Waals surface area contributed by atoms with Gasteiger partial charge in [0.15, 0.2) is 5.82 Å². The molecule has 0 fully saturated rings. The minimum Gasteiger partial charge on any atom is -0.488 e. The van der Waals surface area contributed by atoms with Crippen molar-refractivity contribution >= 4 is 17.8 Å². The van der Waals surface area contributed by atoms with Gasteiger partial charge in [-0.1, -0.05) is 30.9 Å². The van der Waals surface area contributed by atoms with Gasteiger partial charge in [0.2, 0.25) is 0 Å². The number of hydrogen-bond acceptors (Lipinski definition) is 7. The summed E-state index contributed by atoms with van der Waals surface area (Å²) < 4.78 is 53.6. The number of carbonyl (C=O) groups is 2. The van der Waals surface area contributed by atoms with Crippen molar-refractivity contribution in [3.05, 3.63) is 79.2 Å². The number of benzene rings is 1. The number of halogens is 3. The maximum Gasteiger partial charge on any atom is 0.423 e. The zero-order valence-electron chi connectivity index (χ0n) is 21.0. The van der Waals surface area contributed by atoms with Crippen LogP contribution < -0.4 is 9.64 Å². The summed E-state index contributed by atoms with van der Waals surface area (Å²) in [6.45, 7) is 11.9. The summed E-state index contributed by atoms with van der Waals surface area (Å²) >= 11 is 0. The third-order valence-electron chi connectivity index (χ3n) is 4.81. The van der Waals surface area contributed by atoms with Crippen LogP contribution in [0.4, 0.5) is 23.8 Å². The molecule has 0 saturated heterocycles. The molecule has 38 heavy (non-hydrogen) atoms. The van der Waals surface area contributed by atoms with Gasteiger partial charge in [0, 0.05) is 6.54 Å². The molecule has 1 aromatic carbocycles. The molecule has 12 heteroatoms. The second-order valence-corrected chi connectivity index (χ2v) is 8.88. The Labute approximate surface area is 217 Å². The van der Waals surface area contributed by atoms with Crippen LogP contribution in [-0.4, -0.2) is 44.0 Å². The van der Waals surface area contributed by atoms with Crippen molar-refractivity contribution in [2.75, 3.05) is 11.5 Å². The minimum absolute atomic E-state index is 0.206.